The molecule has 150 valence electrons. The van der Waals surface area contributed by atoms with Gasteiger partial charge in [0.15, 0.2) is 0 Å². The van der Waals surface area contributed by atoms with Crippen LogP contribution in [0.15, 0.2) is 54.7 Å². The van der Waals surface area contributed by atoms with Gasteiger partial charge in [0.2, 0.25) is 0 Å². The Bertz CT molecular complexity index is 1000. The summed E-state index contributed by atoms with van der Waals surface area (Å²) in [7, 11) is 0. The number of aromatic nitrogens is 1. The van der Waals surface area contributed by atoms with E-state index in [2.05, 4.69) is 15.2 Å². The molecule has 1 aliphatic rings. The standard InChI is InChI=1S/C22H23ClN4O2/c1-2-29-18-6-4-17(5-7-18)25-22(28)27-13-11-26(12-14-27)21-9-10-24-20-15-16(23)3-8-19(20)21/h3-10,15H,2,11-14H2,1H3,(H,25,28). The summed E-state index contributed by atoms with van der Waals surface area (Å²) in [6, 6.07) is 15.1. The van der Waals surface area contributed by atoms with E-state index >= 15 is 0 Å². The fourth-order valence-corrected chi connectivity index (χ4v) is 3.70. The molecule has 2 aromatic carbocycles. The number of carbonyl (C=O) groups excluding carboxylic acids is 1. The molecule has 0 saturated carbocycles. The lowest BCUT2D eigenvalue weighted by Crippen LogP contribution is -2.50. The highest BCUT2D eigenvalue weighted by atomic mass is 35.5. The maximum absolute atomic E-state index is 12.6. The number of piperazine rings is 1. The quantitative estimate of drug-likeness (QED) is 0.680. The SMILES string of the molecule is CCOc1ccc(NC(=O)N2CCN(c3ccnc4cc(Cl)ccc34)CC2)cc1. The Hall–Kier alpha value is -2.99. The molecule has 0 bridgehead atoms. The van der Waals surface area contributed by atoms with Gasteiger partial charge in [-0.25, -0.2) is 4.79 Å². The third-order valence-electron chi connectivity index (χ3n) is 5.01. The van der Waals surface area contributed by atoms with Gasteiger partial charge in [0.1, 0.15) is 5.75 Å². The zero-order valence-corrected chi connectivity index (χ0v) is 17.0. The van der Waals surface area contributed by atoms with Gasteiger partial charge in [-0.1, -0.05) is 11.6 Å². The number of nitrogens with zero attached hydrogens (tertiary/aromatic N) is 3. The van der Waals surface area contributed by atoms with E-state index in [1.807, 2.05) is 60.4 Å². The summed E-state index contributed by atoms with van der Waals surface area (Å²) in [5, 5.41) is 4.71. The highest BCUT2D eigenvalue weighted by molar-refractivity contribution is 6.31. The Kier molecular flexibility index (Phi) is 5.71. The molecule has 2 heterocycles. The first-order valence-electron chi connectivity index (χ1n) is 9.72. The van der Waals surface area contributed by atoms with Crippen molar-refractivity contribution < 1.29 is 9.53 Å². The number of hydrogen-bond acceptors (Lipinski definition) is 4. The average Bonchev–Trinajstić information content (AvgIpc) is 2.75. The number of urea groups is 1. The summed E-state index contributed by atoms with van der Waals surface area (Å²) < 4.78 is 5.43. The van der Waals surface area contributed by atoms with Gasteiger partial charge < -0.3 is 19.9 Å². The predicted octanol–water partition coefficient (Wildman–Crippen LogP) is 4.64. The number of carbonyl (C=O) groups is 1. The second kappa shape index (κ2) is 8.57. The molecule has 1 fully saturated rings. The van der Waals surface area contributed by atoms with Crippen LogP contribution in [0.3, 0.4) is 0 Å². The number of amides is 2. The van der Waals surface area contributed by atoms with Crippen molar-refractivity contribution in [3.8, 4) is 5.75 Å². The third kappa shape index (κ3) is 4.38. The lowest BCUT2D eigenvalue weighted by Gasteiger charge is -2.36. The Morgan fingerprint density at radius 1 is 1.10 bits per heavy atom. The maximum atomic E-state index is 12.6. The van der Waals surface area contributed by atoms with Gasteiger partial charge in [-0.05, 0) is 55.5 Å². The molecular weight excluding hydrogens is 388 g/mol. The minimum Gasteiger partial charge on any atom is -0.494 e. The molecule has 7 heteroatoms. The van der Waals surface area contributed by atoms with Crippen LogP contribution in [0, 0.1) is 0 Å². The van der Waals surface area contributed by atoms with Crippen molar-refractivity contribution in [1.29, 1.82) is 0 Å². The first kappa shape index (κ1) is 19.3. The van der Waals surface area contributed by atoms with Crippen LogP contribution in [-0.4, -0.2) is 48.7 Å². The summed E-state index contributed by atoms with van der Waals surface area (Å²) >= 11 is 6.09. The van der Waals surface area contributed by atoms with E-state index < -0.39 is 0 Å². The van der Waals surface area contributed by atoms with Crippen LogP contribution >= 0.6 is 11.6 Å². The molecule has 0 radical (unpaired) electrons. The van der Waals surface area contributed by atoms with Crippen LogP contribution in [0.5, 0.6) is 5.75 Å². The van der Waals surface area contributed by atoms with E-state index in [9.17, 15) is 4.79 Å². The average molecular weight is 411 g/mol. The van der Waals surface area contributed by atoms with Gasteiger partial charge in [0.25, 0.3) is 0 Å². The van der Waals surface area contributed by atoms with E-state index in [4.69, 9.17) is 16.3 Å². The number of hydrogen-bond donors (Lipinski definition) is 1. The Morgan fingerprint density at radius 2 is 1.86 bits per heavy atom. The number of benzene rings is 2. The van der Waals surface area contributed by atoms with Crippen LogP contribution in [-0.2, 0) is 0 Å². The summed E-state index contributed by atoms with van der Waals surface area (Å²) in [5.74, 6) is 0.796. The molecule has 1 saturated heterocycles. The fourth-order valence-electron chi connectivity index (χ4n) is 3.54. The lowest BCUT2D eigenvalue weighted by molar-refractivity contribution is 0.208. The minimum absolute atomic E-state index is 0.0832. The Labute approximate surface area is 175 Å². The topological polar surface area (TPSA) is 57.7 Å². The second-order valence-corrected chi connectivity index (χ2v) is 7.29. The number of ether oxygens (including phenoxy) is 1. The Morgan fingerprint density at radius 3 is 2.59 bits per heavy atom. The molecule has 3 aromatic rings. The van der Waals surface area contributed by atoms with Crippen molar-refractivity contribution in [2.45, 2.75) is 6.92 Å². The summed E-state index contributed by atoms with van der Waals surface area (Å²) in [6.07, 6.45) is 1.80. The number of nitrogens with one attached hydrogen (secondary N) is 1. The van der Waals surface area contributed by atoms with E-state index in [0.29, 0.717) is 24.7 Å². The number of rotatable bonds is 4. The van der Waals surface area contributed by atoms with Crippen molar-refractivity contribution in [3.05, 3.63) is 59.8 Å². The van der Waals surface area contributed by atoms with Crippen LogP contribution in [0.2, 0.25) is 5.02 Å². The number of pyridine rings is 1. The lowest BCUT2D eigenvalue weighted by atomic mass is 10.1. The van der Waals surface area contributed by atoms with Gasteiger partial charge in [-0.15, -0.1) is 0 Å². The van der Waals surface area contributed by atoms with Crippen LogP contribution < -0.4 is 15.0 Å². The van der Waals surface area contributed by atoms with Crippen molar-refractivity contribution in [3.63, 3.8) is 0 Å². The normalized spacial score (nSPS) is 14.1. The zero-order valence-electron chi connectivity index (χ0n) is 16.3. The van der Waals surface area contributed by atoms with E-state index in [0.717, 1.165) is 41.1 Å². The van der Waals surface area contributed by atoms with Crippen LogP contribution in [0.4, 0.5) is 16.2 Å². The van der Waals surface area contributed by atoms with Crippen molar-refractivity contribution >= 4 is 39.9 Å². The predicted molar refractivity (Wildman–Crippen MR) is 117 cm³/mol. The molecule has 6 nitrogen and oxygen atoms in total. The van der Waals surface area contributed by atoms with Gasteiger partial charge in [-0.2, -0.15) is 0 Å². The molecule has 2 amide bonds. The first-order valence-corrected chi connectivity index (χ1v) is 10.1. The minimum atomic E-state index is -0.0832. The molecule has 1 aliphatic heterocycles. The summed E-state index contributed by atoms with van der Waals surface area (Å²) in [5.41, 5.74) is 2.77. The van der Waals surface area contributed by atoms with Crippen molar-refractivity contribution in [2.75, 3.05) is 43.0 Å². The number of halogens is 1. The zero-order chi connectivity index (χ0) is 20.2. The van der Waals surface area contributed by atoms with Gasteiger partial charge >= 0.3 is 6.03 Å². The fraction of sp³-hybridized carbons (Fsp3) is 0.273. The highest BCUT2D eigenvalue weighted by Crippen LogP contribution is 2.28. The molecular formula is C22H23ClN4O2. The van der Waals surface area contributed by atoms with Gasteiger partial charge in [0, 0.05) is 54.2 Å². The third-order valence-corrected chi connectivity index (χ3v) is 5.24. The summed E-state index contributed by atoms with van der Waals surface area (Å²) in [6.45, 7) is 5.40. The van der Waals surface area contributed by atoms with Crippen molar-refractivity contribution in [1.82, 2.24) is 9.88 Å². The largest absolute Gasteiger partial charge is 0.494 e. The molecule has 1 aromatic heterocycles. The first-order chi connectivity index (χ1) is 14.1. The van der Waals surface area contributed by atoms with Crippen molar-refractivity contribution in [2.24, 2.45) is 0 Å². The second-order valence-electron chi connectivity index (χ2n) is 6.85. The van der Waals surface area contributed by atoms with Crippen LogP contribution in [0.25, 0.3) is 10.9 Å². The molecule has 1 N–H and O–H groups in total. The molecule has 0 spiro atoms. The molecule has 0 atom stereocenters. The van der Waals surface area contributed by atoms with Gasteiger partial charge in [0.05, 0.1) is 12.1 Å². The smallest absolute Gasteiger partial charge is 0.321 e. The van der Waals surface area contributed by atoms with E-state index in [1.54, 1.807) is 6.20 Å². The monoisotopic (exact) mass is 410 g/mol. The highest BCUT2D eigenvalue weighted by Gasteiger charge is 2.22. The van der Waals surface area contributed by atoms with E-state index in [-0.39, 0.29) is 6.03 Å². The molecule has 0 unspecified atom stereocenters. The maximum Gasteiger partial charge on any atom is 0.321 e. The summed E-state index contributed by atoms with van der Waals surface area (Å²) in [4.78, 5) is 21.2. The molecule has 0 aliphatic carbocycles. The van der Waals surface area contributed by atoms with E-state index in [1.165, 1.54) is 0 Å². The Balaban J connectivity index is 1.38. The molecule has 29 heavy (non-hydrogen) atoms. The molecule has 4 rings (SSSR count). The van der Waals surface area contributed by atoms with Gasteiger partial charge in [-0.3, -0.25) is 4.98 Å². The van der Waals surface area contributed by atoms with Crippen LogP contribution in [0.1, 0.15) is 6.92 Å². The number of fused-ring (bicyclic) bond motifs is 1. The number of anilines is 2.